The first-order chi connectivity index (χ1) is 19.2. The van der Waals surface area contributed by atoms with E-state index >= 15 is 4.39 Å². The van der Waals surface area contributed by atoms with Crippen LogP contribution in [0.25, 0.3) is 11.1 Å². The number of piperidine rings is 1. The van der Waals surface area contributed by atoms with Crippen LogP contribution in [0.1, 0.15) is 13.3 Å². The third-order valence-electron chi connectivity index (χ3n) is 8.16. The number of carbonyl (C=O) groups excluding carboxylic acids is 2. The lowest BCUT2D eigenvalue weighted by Crippen LogP contribution is -2.50. The highest BCUT2D eigenvalue weighted by molar-refractivity contribution is 5.98. The standard InChI is InChI=1S/C28H35F3N6O3/c1-17-16-37(6-5-35(17)2)24-13-22(29)19(18-3-4-25(32-14-18)36-7-9-40-10-8-36)11-23(24)34-28(39)21-15-33-26(38)12-20(21)27(30)31/h3-4,11,13-14,17,20-21,27H,5-10,12,15-16H2,1-2H3,(H,33,38)(H,34,39)/t17-,20?,21?/m0/s1. The maximum Gasteiger partial charge on any atom is 0.242 e. The van der Waals surface area contributed by atoms with E-state index in [0.717, 1.165) is 25.5 Å². The van der Waals surface area contributed by atoms with Gasteiger partial charge in [0.25, 0.3) is 0 Å². The van der Waals surface area contributed by atoms with Crippen LogP contribution in [0.5, 0.6) is 0 Å². The summed E-state index contributed by atoms with van der Waals surface area (Å²) in [4.78, 5) is 35.9. The van der Waals surface area contributed by atoms with Crippen LogP contribution in [-0.4, -0.2) is 93.7 Å². The molecule has 5 rings (SSSR count). The summed E-state index contributed by atoms with van der Waals surface area (Å²) in [6.07, 6.45) is -1.65. The van der Waals surface area contributed by atoms with Crippen molar-refractivity contribution >= 4 is 29.0 Å². The molecule has 2 N–H and O–H groups in total. The van der Waals surface area contributed by atoms with Crippen molar-refractivity contribution in [1.29, 1.82) is 0 Å². The van der Waals surface area contributed by atoms with Crippen molar-refractivity contribution in [3.63, 3.8) is 0 Å². The molecule has 0 radical (unpaired) electrons. The molecule has 2 amide bonds. The number of pyridine rings is 1. The van der Waals surface area contributed by atoms with Gasteiger partial charge in [0.1, 0.15) is 11.6 Å². The van der Waals surface area contributed by atoms with Gasteiger partial charge in [-0.1, -0.05) is 0 Å². The number of hydrogen-bond acceptors (Lipinski definition) is 7. The molecule has 1 aromatic heterocycles. The van der Waals surface area contributed by atoms with Gasteiger partial charge in [-0.25, -0.2) is 18.2 Å². The summed E-state index contributed by atoms with van der Waals surface area (Å²) in [6.45, 7) is 6.51. The highest BCUT2D eigenvalue weighted by Crippen LogP contribution is 2.37. The van der Waals surface area contributed by atoms with Gasteiger partial charge < -0.3 is 30.1 Å². The number of nitrogens with zero attached hydrogens (tertiary/aromatic N) is 4. The van der Waals surface area contributed by atoms with Crippen LogP contribution in [0, 0.1) is 17.7 Å². The number of alkyl halides is 2. The molecule has 40 heavy (non-hydrogen) atoms. The fourth-order valence-corrected chi connectivity index (χ4v) is 5.52. The second-order valence-electron chi connectivity index (χ2n) is 10.7. The van der Waals surface area contributed by atoms with E-state index in [9.17, 15) is 18.4 Å². The minimum atomic E-state index is -2.82. The van der Waals surface area contributed by atoms with Crippen LogP contribution in [0.3, 0.4) is 0 Å². The average Bonchev–Trinajstić information content (AvgIpc) is 2.95. The van der Waals surface area contributed by atoms with Crippen molar-refractivity contribution in [2.24, 2.45) is 11.8 Å². The molecule has 9 nitrogen and oxygen atoms in total. The van der Waals surface area contributed by atoms with Gasteiger partial charge in [-0.3, -0.25) is 9.59 Å². The van der Waals surface area contributed by atoms with Crippen LogP contribution in [0.2, 0.25) is 0 Å². The maximum atomic E-state index is 15.7. The van der Waals surface area contributed by atoms with E-state index in [-0.39, 0.29) is 18.2 Å². The number of nitrogens with one attached hydrogen (secondary N) is 2. The molecule has 3 saturated heterocycles. The third kappa shape index (κ3) is 6.02. The number of aromatic nitrogens is 1. The van der Waals surface area contributed by atoms with Gasteiger partial charge >= 0.3 is 0 Å². The Kier molecular flexibility index (Phi) is 8.46. The Morgan fingerprint density at radius 3 is 2.60 bits per heavy atom. The van der Waals surface area contributed by atoms with Crippen molar-refractivity contribution in [2.45, 2.75) is 25.8 Å². The molecule has 3 atom stereocenters. The van der Waals surface area contributed by atoms with Crippen molar-refractivity contribution in [3.8, 4) is 11.1 Å². The van der Waals surface area contributed by atoms with Crippen molar-refractivity contribution in [1.82, 2.24) is 15.2 Å². The smallest absolute Gasteiger partial charge is 0.242 e. The monoisotopic (exact) mass is 560 g/mol. The number of ether oxygens (including phenoxy) is 1. The second kappa shape index (κ2) is 12.0. The van der Waals surface area contributed by atoms with E-state index in [2.05, 4.69) is 32.3 Å². The molecular formula is C28H35F3N6O3. The molecule has 3 aliphatic heterocycles. The zero-order valence-corrected chi connectivity index (χ0v) is 22.7. The molecular weight excluding hydrogens is 525 g/mol. The number of likely N-dealkylation sites (N-methyl/N-ethyl adjacent to an activating group) is 1. The first-order valence-corrected chi connectivity index (χ1v) is 13.6. The van der Waals surface area contributed by atoms with Gasteiger partial charge in [-0.2, -0.15) is 0 Å². The molecule has 1 aromatic carbocycles. The van der Waals surface area contributed by atoms with Crippen LogP contribution >= 0.6 is 0 Å². The molecule has 2 unspecified atom stereocenters. The highest BCUT2D eigenvalue weighted by Gasteiger charge is 2.40. The number of halogens is 3. The van der Waals surface area contributed by atoms with Crippen LogP contribution < -0.4 is 20.4 Å². The van der Waals surface area contributed by atoms with Gasteiger partial charge in [0.2, 0.25) is 18.2 Å². The quantitative estimate of drug-likeness (QED) is 0.562. The molecule has 4 heterocycles. The van der Waals surface area contributed by atoms with Gasteiger partial charge in [-0.15, -0.1) is 0 Å². The van der Waals surface area contributed by atoms with E-state index in [1.165, 1.54) is 6.07 Å². The molecule has 0 saturated carbocycles. The normalized spacial score (nSPS) is 24.2. The Hall–Kier alpha value is -3.38. The number of hydrogen-bond donors (Lipinski definition) is 2. The largest absolute Gasteiger partial charge is 0.378 e. The molecule has 0 aliphatic carbocycles. The van der Waals surface area contributed by atoms with E-state index in [4.69, 9.17) is 4.74 Å². The second-order valence-corrected chi connectivity index (χ2v) is 10.7. The molecule has 0 bridgehead atoms. The van der Waals surface area contributed by atoms with Gasteiger partial charge in [0, 0.05) is 75.0 Å². The topological polar surface area (TPSA) is 90.0 Å². The maximum absolute atomic E-state index is 15.7. The summed E-state index contributed by atoms with van der Waals surface area (Å²) in [5.41, 5.74) is 1.59. The van der Waals surface area contributed by atoms with Gasteiger partial charge in [0.15, 0.2) is 0 Å². The van der Waals surface area contributed by atoms with Crippen LogP contribution in [0.15, 0.2) is 30.5 Å². The number of carbonyl (C=O) groups is 2. The summed E-state index contributed by atoms with van der Waals surface area (Å²) < 4.78 is 48.6. The number of morpholine rings is 1. The van der Waals surface area contributed by atoms with Gasteiger partial charge in [-0.05, 0) is 38.2 Å². The van der Waals surface area contributed by atoms with Crippen molar-refractivity contribution in [3.05, 3.63) is 36.3 Å². The first-order valence-electron chi connectivity index (χ1n) is 13.6. The summed E-state index contributed by atoms with van der Waals surface area (Å²) in [6, 6.07) is 6.74. The lowest BCUT2D eigenvalue weighted by molar-refractivity contribution is -0.133. The number of anilines is 3. The third-order valence-corrected chi connectivity index (χ3v) is 8.16. The number of rotatable bonds is 6. The van der Waals surface area contributed by atoms with Crippen LogP contribution in [0.4, 0.5) is 30.4 Å². The summed E-state index contributed by atoms with van der Waals surface area (Å²) >= 11 is 0. The zero-order chi connectivity index (χ0) is 28.4. The fourth-order valence-electron chi connectivity index (χ4n) is 5.52. The van der Waals surface area contributed by atoms with E-state index in [0.29, 0.717) is 43.2 Å². The number of amides is 2. The first kappa shape index (κ1) is 28.2. The minimum absolute atomic E-state index is 0.179. The predicted octanol–water partition coefficient (Wildman–Crippen LogP) is 2.82. The Balaban J connectivity index is 1.47. The Morgan fingerprint density at radius 1 is 1.15 bits per heavy atom. The summed E-state index contributed by atoms with van der Waals surface area (Å²) in [5, 5.41) is 5.34. The molecule has 0 spiro atoms. The van der Waals surface area contributed by atoms with E-state index in [1.807, 2.05) is 18.0 Å². The number of benzene rings is 1. The average molecular weight is 561 g/mol. The Bertz CT molecular complexity index is 1220. The number of piperazine rings is 1. The SMILES string of the molecule is C[C@H]1CN(c2cc(F)c(-c3ccc(N4CCOCC4)nc3)cc2NC(=O)C2CNC(=O)CC2C(F)F)CCN1C. The lowest BCUT2D eigenvalue weighted by Gasteiger charge is -2.40. The van der Waals surface area contributed by atoms with E-state index < -0.39 is 42.3 Å². The summed E-state index contributed by atoms with van der Waals surface area (Å²) in [5.74, 6) is -3.35. The van der Waals surface area contributed by atoms with Crippen molar-refractivity contribution in [2.75, 3.05) is 74.6 Å². The molecule has 2 aromatic rings. The van der Waals surface area contributed by atoms with Crippen LogP contribution in [-0.2, 0) is 14.3 Å². The molecule has 3 aliphatic rings. The minimum Gasteiger partial charge on any atom is -0.378 e. The predicted molar refractivity (Wildman–Crippen MR) is 146 cm³/mol. The fraction of sp³-hybridized carbons (Fsp3) is 0.536. The Labute approximate surface area is 231 Å². The lowest BCUT2D eigenvalue weighted by atomic mass is 9.85. The Morgan fingerprint density at radius 2 is 1.93 bits per heavy atom. The van der Waals surface area contributed by atoms with Gasteiger partial charge in [0.05, 0.1) is 30.5 Å². The molecule has 3 fully saturated rings. The summed E-state index contributed by atoms with van der Waals surface area (Å²) in [7, 11) is 2.02. The molecule has 216 valence electrons. The zero-order valence-electron chi connectivity index (χ0n) is 22.7. The van der Waals surface area contributed by atoms with E-state index in [1.54, 1.807) is 18.3 Å². The highest BCUT2D eigenvalue weighted by atomic mass is 19.3. The van der Waals surface area contributed by atoms with Crippen molar-refractivity contribution < 1.29 is 27.5 Å². The molecule has 12 heteroatoms.